The lowest BCUT2D eigenvalue weighted by molar-refractivity contribution is 0.102. The second-order valence-electron chi connectivity index (χ2n) is 4.38. The third kappa shape index (κ3) is 3.33. The van der Waals surface area contributed by atoms with Crippen molar-refractivity contribution < 1.29 is 9.90 Å². The smallest absolute Gasteiger partial charge is 0.255 e. The predicted octanol–water partition coefficient (Wildman–Crippen LogP) is 2.57. The molecule has 19 heavy (non-hydrogen) atoms. The average Bonchev–Trinajstić information content (AvgIpc) is 2.39. The topological polar surface area (TPSA) is 75.3 Å². The van der Waals surface area contributed by atoms with E-state index in [4.69, 9.17) is 5.73 Å². The summed E-state index contributed by atoms with van der Waals surface area (Å²) >= 11 is 0. The monoisotopic (exact) mass is 256 g/mol. The highest BCUT2D eigenvalue weighted by atomic mass is 16.3. The normalized spacial score (nSPS) is 11.9. The number of rotatable bonds is 3. The average molecular weight is 256 g/mol. The zero-order chi connectivity index (χ0) is 13.8. The molecule has 0 aliphatic rings. The first-order valence-electron chi connectivity index (χ1n) is 6.01. The summed E-state index contributed by atoms with van der Waals surface area (Å²) in [7, 11) is 0. The number of carbonyl (C=O) groups is 1. The quantitative estimate of drug-likeness (QED) is 0.739. The van der Waals surface area contributed by atoms with Crippen LogP contribution in [0.1, 0.15) is 28.9 Å². The first-order valence-corrected chi connectivity index (χ1v) is 6.01. The van der Waals surface area contributed by atoms with E-state index in [2.05, 4.69) is 5.32 Å². The van der Waals surface area contributed by atoms with Crippen LogP contribution in [0.2, 0.25) is 0 Å². The van der Waals surface area contributed by atoms with Gasteiger partial charge in [0.1, 0.15) is 0 Å². The number of hydrogen-bond donors (Lipinski definition) is 3. The van der Waals surface area contributed by atoms with Gasteiger partial charge in [-0.15, -0.1) is 0 Å². The SMILES string of the molecule is C[C@H](O)c1cccc(NC(=O)c2ccc(N)cc2)c1. The first-order chi connectivity index (χ1) is 9.06. The second-order valence-corrected chi connectivity index (χ2v) is 4.38. The number of nitrogen functional groups attached to an aromatic ring is 1. The molecule has 2 aromatic rings. The zero-order valence-electron chi connectivity index (χ0n) is 10.6. The lowest BCUT2D eigenvalue weighted by Gasteiger charge is -2.09. The Hall–Kier alpha value is -2.33. The fourth-order valence-electron chi connectivity index (χ4n) is 1.71. The molecule has 2 rings (SSSR count). The van der Waals surface area contributed by atoms with Gasteiger partial charge in [-0.25, -0.2) is 0 Å². The molecule has 1 atom stereocenters. The van der Waals surface area contributed by atoms with Crippen molar-refractivity contribution >= 4 is 17.3 Å². The fourth-order valence-corrected chi connectivity index (χ4v) is 1.71. The Balaban J connectivity index is 2.14. The molecule has 0 bridgehead atoms. The Morgan fingerprint density at radius 3 is 2.53 bits per heavy atom. The maximum Gasteiger partial charge on any atom is 0.255 e. The predicted molar refractivity (Wildman–Crippen MR) is 75.9 cm³/mol. The molecule has 0 saturated heterocycles. The number of aliphatic hydroxyl groups excluding tert-OH is 1. The summed E-state index contributed by atoms with van der Waals surface area (Å²) in [4.78, 5) is 12.0. The number of nitrogens with one attached hydrogen (secondary N) is 1. The van der Waals surface area contributed by atoms with Crippen molar-refractivity contribution in [1.29, 1.82) is 0 Å². The van der Waals surface area contributed by atoms with Gasteiger partial charge in [-0.3, -0.25) is 4.79 Å². The minimum atomic E-state index is -0.562. The Bertz CT molecular complexity index is 577. The van der Waals surface area contributed by atoms with Crippen LogP contribution in [-0.4, -0.2) is 11.0 Å². The minimum absolute atomic E-state index is 0.206. The Labute approximate surface area is 111 Å². The maximum atomic E-state index is 12.0. The molecule has 4 nitrogen and oxygen atoms in total. The maximum absolute atomic E-state index is 12.0. The molecule has 0 aromatic heterocycles. The molecule has 0 saturated carbocycles. The van der Waals surface area contributed by atoms with Crippen molar-refractivity contribution in [2.24, 2.45) is 0 Å². The van der Waals surface area contributed by atoms with Gasteiger partial charge in [0.2, 0.25) is 0 Å². The number of anilines is 2. The van der Waals surface area contributed by atoms with Gasteiger partial charge >= 0.3 is 0 Å². The van der Waals surface area contributed by atoms with E-state index >= 15 is 0 Å². The van der Waals surface area contributed by atoms with Gasteiger partial charge in [0, 0.05) is 16.9 Å². The minimum Gasteiger partial charge on any atom is -0.399 e. The molecule has 0 radical (unpaired) electrons. The first kappa shape index (κ1) is 13.1. The lowest BCUT2D eigenvalue weighted by Crippen LogP contribution is -2.12. The van der Waals surface area contributed by atoms with Crippen LogP contribution < -0.4 is 11.1 Å². The molecular weight excluding hydrogens is 240 g/mol. The molecule has 0 fully saturated rings. The highest BCUT2D eigenvalue weighted by Crippen LogP contribution is 2.18. The summed E-state index contributed by atoms with van der Waals surface area (Å²) in [5, 5.41) is 12.3. The van der Waals surface area contributed by atoms with Crippen LogP contribution in [0, 0.1) is 0 Å². The van der Waals surface area contributed by atoms with Crippen molar-refractivity contribution in [3.8, 4) is 0 Å². The number of benzene rings is 2. The molecule has 4 N–H and O–H groups in total. The van der Waals surface area contributed by atoms with Gasteiger partial charge in [-0.2, -0.15) is 0 Å². The number of amides is 1. The molecule has 0 heterocycles. The van der Waals surface area contributed by atoms with Crippen LogP contribution >= 0.6 is 0 Å². The van der Waals surface area contributed by atoms with Crippen molar-refractivity contribution in [1.82, 2.24) is 0 Å². The molecule has 1 amide bonds. The molecule has 98 valence electrons. The molecule has 4 heteroatoms. The van der Waals surface area contributed by atoms with E-state index in [1.807, 2.05) is 6.07 Å². The second kappa shape index (κ2) is 5.54. The highest BCUT2D eigenvalue weighted by Gasteiger charge is 2.07. The van der Waals surface area contributed by atoms with Crippen LogP contribution in [0.5, 0.6) is 0 Å². The van der Waals surface area contributed by atoms with Crippen LogP contribution in [0.4, 0.5) is 11.4 Å². The molecule has 2 aromatic carbocycles. The Kier molecular flexibility index (Phi) is 3.82. The lowest BCUT2D eigenvalue weighted by atomic mass is 10.1. The van der Waals surface area contributed by atoms with E-state index in [1.165, 1.54) is 0 Å². The molecule has 0 aliphatic carbocycles. The van der Waals surface area contributed by atoms with E-state index in [-0.39, 0.29) is 5.91 Å². The number of carbonyl (C=O) groups excluding carboxylic acids is 1. The third-order valence-electron chi connectivity index (χ3n) is 2.80. The molecule has 0 spiro atoms. The number of nitrogens with two attached hydrogens (primary N) is 1. The largest absolute Gasteiger partial charge is 0.399 e. The zero-order valence-corrected chi connectivity index (χ0v) is 10.6. The number of hydrogen-bond acceptors (Lipinski definition) is 3. The van der Waals surface area contributed by atoms with E-state index in [0.29, 0.717) is 16.9 Å². The summed E-state index contributed by atoms with van der Waals surface area (Å²) < 4.78 is 0. The van der Waals surface area contributed by atoms with Gasteiger partial charge in [0.15, 0.2) is 0 Å². The van der Waals surface area contributed by atoms with Gasteiger partial charge in [-0.1, -0.05) is 12.1 Å². The van der Waals surface area contributed by atoms with E-state index in [9.17, 15) is 9.90 Å². The summed E-state index contributed by atoms with van der Waals surface area (Å²) in [5.74, 6) is -0.206. The van der Waals surface area contributed by atoms with Crippen molar-refractivity contribution in [3.05, 3.63) is 59.7 Å². The molecule has 0 aliphatic heterocycles. The molecule has 0 unspecified atom stereocenters. The standard InChI is InChI=1S/C15H16N2O2/c1-10(18)12-3-2-4-14(9-12)17-15(19)11-5-7-13(16)8-6-11/h2-10,18H,16H2,1H3,(H,17,19)/t10-/m0/s1. The highest BCUT2D eigenvalue weighted by molar-refractivity contribution is 6.04. The van der Waals surface area contributed by atoms with E-state index in [0.717, 1.165) is 5.56 Å². The summed E-state index contributed by atoms with van der Waals surface area (Å²) in [6.07, 6.45) is -0.562. The van der Waals surface area contributed by atoms with Crippen LogP contribution in [0.15, 0.2) is 48.5 Å². The van der Waals surface area contributed by atoms with Gasteiger partial charge in [0.25, 0.3) is 5.91 Å². The Morgan fingerprint density at radius 1 is 1.21 bits per heavy atom. The Morgan fingerprint density at radius 2 is 1.89 bits per heavy atom. The van der Waals surface area contributed by atoms with Crippen LogP contribution in [-0.2, 0) is 0 Å². The van der Waals surface area contributed by atoms with E-state index in [1.54, 1.807) is 49.4 Å². The molecular formula is C15H16N2O2. The van der Waals surface area contributed by atoms with Crippen LogP contribution in [0.25, 0.3) is 0 Å². The summed E-state index contributed by atoms with van der Waals surface area (Å²) in [6, 6.07) is 13.8. The summed E-state index contributed by atoms with van der Waals surface area (Å²) in [6.45, 7) is 1.68. The summed E-state index contributed by atoms with van der Waals surface area (Å²) in [5.41, 5.74) is 8.14. The van der Waals surface area contributed by atoms with Crippen molar-refractivity contribution in [3.63, 3.8) is 0 Å². The number of aliphatic hydroxyl groups is 1. The van der Waals surface area contributed by atoms with Crippen molar-refractivity contribution in [2.45, 2.75) is 13.0 Å². The van der Waals surface area contributed by atoms with Crippen LogP contribution in [0.3, 0.4) is 0 Å². The van der Waals surface area contributed by atoms with Gasteiger partial charge in [-0.05, 0) is 48.9 Å². The third-order valence-corrected chi connectivity index (χ3v) is 2.80. The van der Waals surface area contributed by atoms with Gasteiger partial charge < -0.3 is 16.2 Å². The van der Waals surface area contributed by atoms with Gasteiger partial charge in [0.05, 0.1) is 6.10 Å². The van der Waals surface area contributed by atoms with E-state index < -0.39 is 6.10 Å². The fraction of sp³-hybridized carbons (Fsp3) is 0.133. The van der Waals surface area contributed by atoms with Crippen molar-refractivity contribution in [2.75, 3.05) is 11.1 Å².